The van der Waals surface area contributed by atoms with Crippen LogP contribution in [0.1, 0.15) is 19.4 Å². The largest absolute Gasteiger partial charge is 0.300 e. The normalized spacial score (nSPS) is 31.6. The van der Waals surface area contributed by atoms with Crippen molar-refractivity contribution in [2.45, 2.75) is 32.5 Å². The van der Waals surface area contributed by atoms with Crippen LogP contribution in [-0.4, -0.2) is 59.6 Å². The molecule has 5 heteroatoms. The Hall–Kier alpha value is -1.01. The molecule has 0 amide bonds. The van der Waals surface area contributed by atoms with Gasteiger partial charge in [-0.2, -0.15) is 0 Å². The Morgan fingerprint density at radius 1 is 1.10 bits per heavy atom. The van der Waals surface area contributed by atoms with Crippen LogP contribution in [0.15, 0.2) is 24.5 Å². The maximum Gasteiger partial charge on any atom is 0.0312 e. The predicted molar refractivity (Wildman–Crippen MR) is 84.6 cm³/mol. The highest BCUT2D eigenvalue weighted by molar-refractivity contribution is 5.08. The Morgan fingerprint density at radius 3 is 2.38 bits per heavy atom. The first-order valence-electron chi connectivity index (χ1n) is 8.07. The van der Waals surface area contributed by atoms with Gasteiger partial charge in [0.2, 0.25) is 0 Å². The second-order valence-electron chi connectivity index (χ2n) is 6.47. The van der Waals surface area contributed by atoms with Gasteiger partial charge < -0.3 is 4.90 Å². The summed E-state index contributed by atoms with van der Waals surface area (Å²) in [5.74, 6) is 0.704. The fourth-order valence-corrected chi connectivity index (χ4v) is 3.40. The van der Waals surface area contributed by atoms with Crippen molar-refractivity contribution in [1.82, 2.24) is 25.6 Å². The molecule has 3 rings (SSSR count). The van der Waals surface area contributed by atoms with Gasteiger partial charge in [0.05, 0.1) is 0 Å². The molecule has 2 unspecified atom stereocenters. The number of hydrazine groups is 1. The molecule has 0 saturated carbocycles. The molecule has 1 aromatic heterocycles. The first-order valence-corrected chi connectivity index (χ1v) is 8.07. The highest BCUT2D eigenvalue weighted by atomic mass is 15.4. The third-order valence-electron chi connectivity index (χ3n) is 4.89. The van der Waals surface area contributed by atoms with Gasteiger partial charge in [-0.15, -0.1) is 0 Å². The fourth-order valence-electron chi connectivity index (χ4n) is 3.40. The summed E-state index contributed by atoms with van der Waals surface area (Å²) in [6.45, 7) is 11.5. The van der Waals surface area contributed by atoms with Gasteiger partial charge in [-0.25, -0.2) is 0 Å². The van der Waals surface area contributed by atoms with Crippen molar-refractivity contribution in [2.75, 3.05) is 32.7 Å². The second kappa shape index (κ2) is 6.83. The molecule has 21 heavy (non-hydrogen) atoms. The molecule has 0 aliphatic carbocycles. The highest BCUT2D eigenvalue weighted by Gasteiger charge is 2.31. The van der Waals surface area contributed by atoms with Crippen LogP contribution < -0.4 is 10.9 Å². The Labute approximate surface area is 127 Å². The molecule has 0 radical (unpaired) electrons. The van der Waals surface area contributed by atoms with E-state index in [0.717, 1.165) is 19.6 Å². The van der Waals surface area contributed by atoms with Crippen molar-refractivity contribution in [3.63, 3.8) is 0 Å². The minimum atomic E-state index is 0.563. The van der Waals surface area contributed by atoms with Crippen molar-refractivity contribution in [3.8, 4) is 0 Å². The zero-order chi connectivity index (χ0) is 14.7. The lowest BCUT2D eigenvalue weighted by Gasteiger charge is -2.37. The van der Waals surface area contributed by atoms with Gasteiger partial charge in [-0.1, -0.05) is 6.07 Å². The van der Waals surface area contributed by atoms with Crippen LogP contribution in [-0.2, 0) is 6.54 Å². The zero-order valence-corrected chi connectivity index (χ0v) is 13.1. The summed E-state index contributed by atoms with van der Waals surface area (Å²) in [6, 6.07) is 5.31. The summed E-state index contributed by atoms with van der Waals surface area (Å²) in [7, 11) is 0. The number of nitrogens with one attached hydrogen (secondary N) is 2. The number of pyridine rings is 1. The van der Waals surface area contributed by atoms with Gasteiger partial charge in [-0.05, 0) is 25.5 Å². The molecule has 116 valence electrons. The summed E-state index contributed by atoms with van der Waals surface area (Å²) >= 11 is 0. The number of hydrogen-bond donors (Lipinski definition) is 2. The maximum absolute atomic E-state index is 4.20. The van der Waals surface area contributed by atoms with Crippen LogP contribution >= 0.6 is 0 Å². The summed E-state index contributed by atoms with van der Waals surface area (Å²) in [5.41, 5.74) is 8.03. The van der Waals surface area contributed by atoms with E-state index in [2.05, 4.69) is 45.5 Å². The molecule has 2 aliphatic rings. The number of piperazine rings is 1. The molecule has 0 spiro atoms. The van der Waals surface area contributed by atoms with Crippen molar-refractivity contribution < 1.29 is 0 Å². The number of nitrogens with zero attached hydrogens (tertiary/aromatic N) is 3. The van der Waals surface area contributed by atoms with E-state index in [9.17, 15) is 0 Å². The van der Waals surface area contributed by atoms with E-state index in [4.69, 9.17) is 0 Å². The van der Waals surface area contributed by atoms with Crippen molar-refractivity contribution >= 4 is 0 Å². The summed E-state index contributed by atoms with van der Waals surface area (Å²) in [5, 5.41) is 0. The maximum atomic E-state index is 4.20. The van der Waals surface area contributed by atoms with E-state index in [1.165, 1.54) is 25.2 Å². The summed E-state index contributed by atoms with van der Waals surface area (Å²) < 4.78 is 0. The summed E-state index contributed by atoms with van der Waals surface area (Å²) in [4.78, 5) is 9.35. The molecule has 0 aromatic carbocycles. The third kappa shape index (κ3) is 3.80. The lowest BCUT2D eigenvalue weighted by atomic mass is 9.96. The molecule has 3 heterocycles. The SMILES string of the molecule is CC1NNC(C)C1CN1CCN(Cc2cccnc2)CC1. The molecule has 5 nitrogen and oxygen atoms in total. The predicted octanol–water partition coefficient (Wildman–Crippen LogP) is 0.700. The van der Waals surface area contributed by atoms with Gasteiger partial charge in [0.15, 0.2) is 0 Å². The van der Waals surface area contributed by atoms with Crippen molar-refractivity contribution in [2.24, 2.45) is 5.92 Å². The minimum Gasteiger partial charge on any atom is -0.300 e. The lowest BCUT2D eigenvalue weighted by Crippen LogP contribution is -2.49. The highest BCUT2D eigenvalue weighted by Crippen LogP contribution is 2.17. The Kier molecular flexibility index (Phi) is 4.85. The van der Waals surface area contributed by atoms with E-state index < -0.39 is 0 Å². The van der Waals surface area contributed by atoms with E-state index in [1.54, 1.807) is 0 Å². The Morgan fingerprint density at radius 2 is 1.76 bits per heavy atom. The van der Waals surface area contributed by atoms with Crippen LogP contribution in [0.2, 0.25) is 0 Å². The van der Waals surface area contributed by atoms with Crippen LogP contribution in [0.25, 0.3) is 0 Å². The number of aromatic nitrogens is 1. The fraction of sp³-hybridized carbons (Fsp3) is 0.688. The van der Waals surface area contributed by atoms with E-state index in [-0.39, 0.29) is 0 Å². The number of hydrogen-bond acceptors (Lipinski definition) is 5. The van der Waals surface area contributed by atoms with Crippen molar-refractivity contribution in [1.29, 1.82) is 0 Å². The molecule has 2 fully saturated rings. The van der Waals surface area contributed by atoms with E-state index >= 15 is 0 Å². The van der Waals surface area contributed by atoms with Gasteiger partial charge in [0.25, 0.3) is 0 Å². The molecule has 2 N–H and O–H groups in total. The lowest BCUT2D eigenvalue weighted by molar-refractivity contribution is 0.109. The van der Waals surface area contributed by atoms with E-state index in [1.807, 2.05) is 18.5 Å². The Balaban J connectivity index is 1.45. The zero-order valence-electron chi connectivity index (χ0n) is 13.1. The molecule has 1 aromatic rings. The van der Waals surface area contributed by atoms with Gasteiger partial charge in [0.1, 0.15) is 0 Å². The monoisotopic (exact) mass is 289 g/mol. The topological polar surface area (TPSA) is 43.4 Å². The molecular weight excluding hydrogens is 262 g/mol. The second-order valence-corrected chi connectivity index (χ2v) is 6.47. The van der Waals surface area contributed by atoms with Gasteiger partial charge >= 0.3 is 0 Å². The first kappa shape index (κ1) is 14.9. The first-order chi connectivity index (χ1) is 10.2. The summed E-state index contributed by atoms with van der Waals surface area (Å²) in [6.07, 6.45) is 3.82. The quantitative estimate of drug-likeness (QED) is 0.854. The van der Waals surface area contributed by atoms with E-state index in [0.29, 0.717) is 18.0 Å². The van der Waals surface area contributed by atoms with Crippen LogP contribution in [0, 0.1) is 5.92 Å². The van der Waals surface area contributed by atoms with Gasteiger partial charge in [0, 0.05) is 69.7 Å². The van der Waals surface area contributed by atoms with Crippen LogP contribution in [0.5, 0.6) is 0 Å². The standard InChI is InChI=1S/C16H27N5/c1-13-16(14(2)19-18-13)12-21-8-6-20(7-9-21)11-15-4-3-5-17-10-15/h3-5,10,13-14,16,18-19H,6-9,11-12H2,1-2H3. The molecule has 0 bridgehead atoms. The third-order valence-corrected chi connectivity index (χ3v) is 4.89. The van der Waals surface area contributed by atoms with Crippen LogP contribution in [0.4, 0.5) is 0 Å². The number of rotatable bonds is 4. The van der Waals surface area contributed by atoms with Gasteiger partial charge in [-0.3, -0.25) is 20.7 Å². The average molecular weight is 289 g/mol. The molecular formula is C16H27N5. The minimum absolute atomic E-state index is 0.563. The Bertz CT molecular complexity index is 420. The smallest absolute Gasteiger partial charge is 0.0312 e. The molecule has 2 saturated heterocycles. The molecule has 2 aliphatic heterocycles. The van der Waals surface area contributed by atoms with Crippen LogP contribution in [0.3, 0.4) is 0 Å². The molecule has 2 atom stereocenters. The van der Waals surface area contributed by atoms with Crippen molar-refractivity contribution in [3.05, 3.63) is 30.1 Å². The average Bonchev–Trinajstić information content (AvgIpc) is 2.82.